The summed E-state index contributed by atoms with van der Waals surface area (Å²) in [6, 6.07) is 0. The van der Waals surface area contributed by atoms with Crippen molar-refractivity contribution < 1.29 is 4.79 Å². The van der Waals surface area contributed by atoms with Crippen LogP contribution in [0.1, 0.15) is 12.8 Å². The van der Waals surface area contributed by atoms with Crippen LogP contribution >= 0.6 is 0 Å². The molecule has 0 fully saturated rings. The van der Waals surface area contributed by atoms with Crippen LogP contribution in [-0.2, 0) is 4.79 Å². The second-order valence-corrected chi connectivity index (χ2v) is 4.17. The molecule has 3 aliphatic rings. The average molecular weight is 196 g/mol. The Morgan fingerprint density at radius 1 is 1.20 bits per heavy atom. The molecule has 0 N–H and O–H groups in total. The Hall–Kier alpha value is -1.63. The molecule has 0 aromatic carbocycles. The predicted molar refractivity (Wildman–Crippen MR) is 60.3 cm³/mol. The molecule has 0 radical (unpaired) electrons. The van der Waals surface area contributed by atoms with Crippen molar-refractivity contribution >= 4 is 5.78 Å². The average Bonchev–Trinajstić information content (AvgIpc) is 2.28. The van der Waals surface area contributed by atoms with Crippen LogP contribution in [0.2, 0.25) is 0 Å². The van der Waals surface area contributed by atoms with Crippen molar-refractivity contribution in [1.82, 2.24) is 0 Å². The Morgan fingerprint density at radius 2 is 2.13 bits per heavy atom. The van der Waals surface area contributed by atoms with Gasteiger partial charge in [0.1, 0.15) is 0 Å². The fourth-order valence-corrected chi connectivity index (χ4v) is 2.41. The van der Waals surface area contributed by atoms with E-state index in [0.717, 1.165) is 6.42 Å². The van der Waals surface area contributed by atoms with E-state index in [1.165, 1.54) is 16.7 Å². The molecule has 0 amide bonds. The van der Waals surface area contributed by atoms with Gasteiger partial charge in [0.25, 0.3) is 0 Å². The molecule has 74 valence electrons. The van der Waals surface area contributed by atoms with Crippen molar-refractivity contribution in [2.24, 2.45) is 5.92 Å². The normalized spacial score (nSPS) is 27.6. The third-order valence-corrected chi connectivity index (χ3v) is 3.19. The van der Waals surface area contributed by atoms with E-state index in [4.69, 9.17) is 0 Å². The van der Waals surface area contributed by atoms with Gasteiger partial charge in [-0.15, -0.1) is 0 Å². The van der Waals surface area contributed by atoms with Crippen LogP contribution in [0.4, 0.5) is 0 Å². The lowest BCUT2D eigenvalue weighted by Gasteiger charge is -2.26. The van der Waals surface area contributed by atoms with E-state index in [-0.39, 0.29) is 5.78 Å². The summed E-state index contributed by atoms with van der Waals surface area (Å²) in [5.41, 5.74) is 3.82. The van der Waals surface area contributed by atoms with Crippen LogP contribution in [0.15, 0.2) is 59.3 Å². The van der Waals surface area contributed by atoms with E-state index >= 15 is 0 Å². The topological polar surface area (TPSA) is 17.1 Å². The minimum absolute atomic E-state index is 0.212. The molecule has 1 atom stereocenters. The van der Waals surface area contributed by atoms with Gasteiger partial charge in [0.15, 0.2) is 5.78 Å². The lowest BCUT2D eigenvalue weighted by molar-refractivity contribution is -0.114. The van der Waals surface area contributed by atoms with E-state index in [0.29, 0.717) is 12.3 Å². The molecule has 1 nitrogen and oxygen atoms in total. The van der Waals surface area contributed by atoms with E-state index in [1.54, 1.807) is 6.08 Å². The molecule has 0 bridgehead atoms. The summed E-state index contributed by atoms with van der Waals surface area (Å²) in [5, 5.41) is 0. The number of carbonyl (C=O) groups is 1. The highest BCUT2D eigenvalue weighted by Gasteiger charge is 2.23. The van der Waals surface area contributed by atoms with E-state index in [9.17, 15) is 4.79 Å². The van der Waals surface area contributed by atoms with Crippen molar-refractivity contribution in [1.29, 1.82) is 0 Å². The second-order valence-electron chi connectivity index (χ2n) is 4.17. The Balaban J connectivity index is 2.09. The molecular weight excluding hydrogens is 184 g/mol. The Morgan fingerprint density at radius 3 is 3.07 bits per heavy atom. The predicted octanol–water partition coefficient (Wildman–Crippen LogP) is 2.88. The first-order chi connectivity index (χ1) is 7.34. The standard InChI is InChI=1S/C14H12O/c15-12-7-8-14-11(9-12)6-5-10-3-1-2-4-13(10)14/h1-2,4-8,10H,3,9H2. The third-order valence-electron chi connectivity index (χ3n) is 3.19. The summed E-state index contributed by atoms with van der Waals surface area (Å²) < 4.78 is 0. The van der Waals surface area contributed by atoms with E-state index < -0.39 is 0 Å². The molecule has 1 unspecified atom stereocenters. The molecule has 0 spiro atoms. The van der Waals surface area contributed by atoms with Gasteiger partial charge in [-0.1, -0.05) is 36.5 Å². The Kier molecular flexibility index (Phi) is 1.84. The number of ketones is 1. The molecular formula is C14H12O. The quantitative estimate of drug-likeness (QED) is 0.582. The molecule has 15 heavy (non-hydrogen) atoms. The fraction of sp³-hybridized carbons (Fsp3) is 0.214. The van der Waals surface area contributed by atoms with Gasteiger partial charge in [-0.05, 0) is 29.2 Å². The lowest BCUT2D eigenvalue weighted by atomic mass is 9.77. The van der Waals surface area contributed by atoms with Crippen molar-refractivity contribution in [3.8, 4) is 0 Å². The highest BCUT2D eigenvalue weighted by Crippen LogP contribution is 2.37. The van der Waals surface area contributed by atoms with Crippen molar-refractivity contribution in [3.63, 3.8) is 0 Å². The Bertz CT molecular complexity index is 470. The SMILES string of the molecule is O=C1C=CC2=C(C=CC3CC=CC=C23)C1. The number of allylic oxidation sites excluding steroid dienone is 10. The molecule has 3 aliphatic carbocycles. The second kappa shape index (κ2) is 3.20. The maximum absolute atomic E-state index is 11.3. The summed E-state index contributed by atoms with van der Waals surface area (Å²) in [5.74, 6) is 0.732. The van der Waals surface area contributed by atoms with Gasteiger partial charge in [-0.2, -0.15) is 0 Å². The highest BCUT2D eigenvalue weighted by atomic mass is 16.1. The first-order valence-electron chi connectivity index (χ1n) is 5.34. The Labute approximate surface area is 89.2 Å². The molecule has 3 rings (SSSR count). The van der Waals surface area contributed by atoms with E-state index in [1.807, 2.05) is 6.08 Å². The maximum Gasteiger partial charge on any atom is 0.160 e. The van der Waals surface area contributed by atoms with E-state index in [2.05, 4.69) is 30.4 Å². The first-order valence-corrected chi connectivity index (χ1v) is 5.34. The minimum atomic E-state index is 0.212. The zero-order valence-corrected chi connectivity index (χ0v) is 8.44. The van der Waals surface area contributed by atoms with Crippen molar-refractivity contribution in [3.05, 3.63) is 59.3 Å². The first kappa shape index (κ1) is 8.66. The van der Waals surface area contributed by atoms with Crippen LogP contribution in [-0.4, -0.2) is 5.78 Å². The zero-order chi connectivity index (χ0) is 10.3. The fourth-order valence-electron chi connectivity index (χ4n) is 2.41. The monoisotopic (exact) mass is 196 g/mol. The third kappa shape index (κ3) is 1.35. The largest absolute Gasteiger partial charge is 0.294 e. The van der Waals surface area contributed by atoms with Gasteiger partial charge in [-0.3, -0.25) is 4.79 Å². The molecule has 0 aromatic heterocycles. The highest BCUT2D eigenvalue weighted by molar-refractivity contribution is 5.95. The molecule has 0 heterocycles. The van der Waals surface area contributed by atoms with Crippen LogP contribution in [0, 0.1) is 5.92 Å². The number of hydrogen-bond acceptors (Lipinski definition) is 1. The summed E-state index contributed by atoms with van der Waals surface area (Å²) in [6.07, 6.45) is 16.2. The van der Waals surface area contributed by atoms with Gasteiger partial charge >= 0.3 is 0 Å². The van der Waals surface area contributed by atoms with Crippen LogP contribution in [0.3, 0.4) is 0 Å². The van der Waals surface area contributed by atoms with Crippen molar-refractivity contribution in [2.45, 2.75) is 12.8 Å². The summed E-state index contributed by atoms with van der Waals surface area (Å²) >= 11 is 0. The van der Waals surface area contributed by atoms with Crippen LogP contribution in [0.25, 0.3) is 0 Å². The zero-order valence-electron chi connectivity index (χ0n) is 8.44. The molecule has 0 aromatic rings. The molecule has 0 saturated heterocycles. The lowest BCUT2D eigenvalue weighted by Crippen LogP contribution is -2.14. The summed E-state index contributed by atoms with van der Waals surface area (Å²) in [4.78, 5) is 11.3. The van der Waals surface area contributed by atoms with Gasteiger partial charge < -0.3 is 0 Å². The summed E-state index contributed by atoms with van der Waals surface area (Å²) in [7, 11) is 0. The van der Waals surface area contributed by atoms with Crippen molar-refractivity contribution in [2.75, 3.05) is 0 Å². The molecule has 0 aliphatic heterocycles. The van der Waals surface area contributed by atoms with Gasteiger partial charge in [0.05, 0.1) is 0 Å². The smallest absolute Gasteiger partial charge is 0.160 e. The van der Waals surface area contributed by atoms with Gasteiger partial charge in [-0.25, -0.2) is 0 Å². The number of fused-ring (bicyclic) bond motifs is 2. The van der Waals surface area contributed by atoms with Crippen LogP contribution in [0.5, 0.6) is 0 Å². The molecule has 0 saturated carbocycles. The molecule has 1 heteroatoms. The summed E-state index contributed by atoms with van der Waals surface area (Å²) in [6.45, 7) is 0. The van der Waals surface area contributed by atoms with Crippen LogP contribution < -0.4 is 0 Å². The van der Waals surface area contributed by atoms with Gasteiger partial charge in [0.2, 0.25) is 0 Å². The minimum Gasteiger partial charge on any atom is -0.294 e. The number of hydrogen-bond donors (Lipinski definition) is 0. The number of rotatable bonds is 0. The van der Waals surface area contributed by atoms with Gasteiger partial charge in [0, 0.05) is 12.3 Å². The number of carbonyl (C=O) groups excluding carboxylic acids is 1. The maximum atomic E-state index is 11.3.